The molecule has 0 atom stereocenters. The predicted octanol–water partition coefficient (Wildman–Crippen LogP) is 3.88. The molecule has 0 bridgehead atoms. The number of benzene rings is 2. The normalized spacial score (nSPS) is 19.0. The summed E-state index contributed by atoms with van der Waals surface area (Å²) in [5.74, 6) is -0.537. The number of carbonyl (C=O) groups excluding carboxylic acids is 6. The molecule has 15 heteroatoms. The van der Waals surface area contributed by atoms with Gasteiger partial charge in [0.2, 0.25) is 11.1 Å². The molecule has 0 spiro atoms. The molecule has 12 nitrogen and oxygen atoms in total. The maximum Gasteiger partial charge on any atom is 0.332 e. The molecule has 0 saturated carbocycles. The van der Waals surface area contributed by atoms with Gasteiger partial charge in [0, 0.05) is 25.2 Å². The topological polar surface area (TPSA) is 131 Å². The molecule has 2 aromatic carbocycles. The molecule has 4 heterocycles. The van der Waals surface area contributed by atoms with Gasteiger partial charge in [-0.05, 0) is 74.6 Å². The number of carbonyl (C=O) groups is 6. The Morgan fingerprint density at radius 3 is 1.45 bits per heavy atom. The van der Waals surface area contributed by atoms with Crippen LogP contribution in [0.2, 0.25) is 0 Å². The van der Waals surface area contributed by atoms with E-state index in [1.165, 1.54) is 9.80 Å². The van der Waals surface area contributed by atoms with Crippen molar-refractivity contribution >= 4 is 81.2 Å². The van der Waals surface area contributed by atoms with Gasteiger partial charge in [0.25, 0.3) is 11.8 Å². The van der Waals surface area contributed by atoms with Crippen molar-refractivity contribution in [3.8, 4) is 0 Å². The molecule has 4 saturated heterocycles. The molecule has 1 N–H and O–H groups in total. The third-order valence-corrected chi connectivity index (χ3v) is 8.98. The Labute approximate surface area is 288 Å². The number of urea groups is 2. The van der Waals surface area contributed by atoms with Crippen molar-refractivity contribution in [2.24, 2.45) is 0 Å². The third kappa shape index (κ3) is 9.22. The van der Waals surface area contributed by atoms with E-state index in [0.717, 1.165) is 25.9 Å². The van der Waals surface area contributed by atoms with Gasteiger partial charge in [0.1, 0.15) is 19.0 Å². The standard InChI is InChI=1S/C16H18ClN3O3.C14H17N3O2.C2H2Cl2O/c17-10-14(21)18-8-6-12(7-9-18)19-11-15(22)20(16(19)23)13-4-2-1-3-5-13;18-13-10-16(11-6-8-15-9-7-11)14(19)17(13)12-4-2-1-3-5-12;3-1-2(4)5/h1-5,12H,6-11H2;1-5,11,15H,6-10H2;1H2. The van der Waals surface area contributed by atoms with Gasteiger partial charge in [-0.2, -0.15) is 0 Å². The number of nitrogens with one attached hydrogen (secondary N) is 1. The highest BCUT2D eigenvalue weighted by Gasteiger charge is 2.42. The Hall–Kier alpha value is -3.71. The summed E-state index contributed by atoms with van der Waals surface area (Å²) in [6, 6.07) is 17.8. The van der Waals surface area contributed by atoms with Crippen molar-refractivity contribution in [2.45, 2.75) is 37.8 Å². The molecule has 0 unspecified atom stereocenters. The van der Waals surface area contributed by atoms with Crippen molar-refractivity contribution in [1.29, 1.82) is 0 Å². The quantitative estimate of drug-likeness (QED) is 0.274. The zero-order valence-electron chi connectivity index (χ0n) is 25.7. The fourth-order valence-corrected chi connectivity index (χ4v) is 6.07. The maximum absolute atomic E-state index is 12.6. The van der Waals surface area contributed by atoms with E-state index in [0.29, 0.717) is 37.3 Å². The molecule has 4 fully saturated rings. The van der Waals surface area contributed by atoms with Crippen LogP contribution in [0.3, 0.4) is 0 Å². The fourth-order valence-electron chi connectivity index (χ4n) is 5.90. The van der Waals surface area contributed by atoms with Crippen LogP contribution < -0.4 is 15.1 Å². The number of alkyl halides is 2. The summed E-state index contributed by atoms with van der Waals surface area (Å²) in [5, 5.41) is 2.76. The Balaban J connectivity index is 0.000000189. The SMILES string of the molecule is O=C(CCl)N1CCC(N2CC(=O)N(c3ccccc3)C2=O)CC1.O=C(Cl)CCl.O=C1CN(C2CCNCC2)C(=O)N1c1ccccc1. The van der Waals surface area contributed by atoms with Gasteiger partial charge in [0.05, 0.1) is 17.3 Å². The highest BCUT2D eigenvalue weighted by molar-refractivity contribution is 6.67. The molecule has 4 aliphatic heterocycles. The van der Waals surface area contributed by atoms with Crippen molar-refractivity contribution < 1.29 is 28.8 Å². The van der Waals surface area contributed by atoms with Crippen molar-refractivity contribution in [1.82, 2.24) is 20.0 Å². The summed E-state index contributed by atoms with van der Waals surface area (Å²) in [4.78, 5) is 78.0. The Kier molecular flexibility index (Phi) is 13.4. The molecule has 0 aromatic heterocycles. The second-order valence-electron chi connectivity index (χ2n) is 11.2. The molecule has 252 valence electrons. The smallest absolute Gasteiger partial charge is 0.332 e. The Morgan fingerprint density at radius 2 is 1.06 bits per heavy atom. The van der Waals surface area contributed by atoms with Crippen LogP contribution in [-0.4, -0.2) is 113 Å². The van der Waals surface area contributed by atoms with Crippen LogP contribution in [-0.2, 0) is 19.2 Å². The lowest BCUT2D eigenvalue weighted by Gasteiger charge is -2.35. The first-order chi connectivity index (χ1) is 22.7. The van der Waals surface area contributed by atoms with Crippen LogP contribution in [0.4, 0.5) is 21.0 Å². The summed E-state index contributed by atoms with van der Waals surface area (Å²) in [6.45, 7) is 3.27. The van der Waals surface area contributed by atoms with E-state index in [4.69, 9.17) is 34.8 Å². The zero-order chi connectivity index (χ0) is 33.9. The number of likely N-dealkylation sites (tertiary alicyclic amines) is 1. The number of rotatable bonds is 6. The molecule has 2 aromatic rings. The Morgan fingerprint density at radius 1 is 0.660 bits per heavy atom. The van der Waals surface area contributed by atoms with Gasteiger partial charge >= 0.3 is 12.1 Å². The summed E-state index contributed by atoms with van der Waals surface area (Å²) in [6.07, 6.45) is 3.18. The lowest BCUT2D eigenvalue weighted by Crippen LogP contribution is -2.48. The first-order valence-corrected chi connectivity index (χ1v) is 16.8. The van der Waals surface area contributed by atoms with Gasteiger partial charge < -0.3 is 20.0 Å². The maximum atomic E-state index is 12.6. The highest BCUT2D eigenvalue weighted by atomic mass is 35.5. The largest absolute Gasteiger partial charge is 0.342 e. The number of hydrogen-bond acceptors (Lipinski definition) is 7. The third-order valence-electron chi connectivity index (χ3n) is 8.24. The van der Waals surface area contributed by atoms with Crippen LogP contribution in [0.1, 0.15) is 25.7 Å². The molecule has 4 aliphatic rings. The summed E-state index contributed by atoms with van der Waals surface area (Å²) in [7, 11) is 0. The number of hydrogen-bond donors (Lipinski definition) is 1. The van der Waals surface area contributed by atoms with E-state index in [1.807, 2.05) is 24.3 Å². The number of halogens is 3. The van der Waals surface area contributed by atoms with Gasteiger partial charge in [-0.1, -0.05) is 36.4 Å². The lowest BCUT2D eigenvalue weighted by molar-refractivity contribution is -0.130. The molecular weight excluding hydrogens is 671 g/mol. The summed E-state index contributed by atoms with van der Waals surface area (Å²) in [5.41, 5.74) is 1.26. The number of amides is 7. The van der Waals surface area contributed by atoms with Crippen molar-refractivity contribution in [3.63, 3.8) is 0 Å². The molecule has 7 amide bonds. The van der Waals surface area contributed by atoms with E-state index >= 15 is 0 Å². The van der Waals surface area contributed by atoms with Gasteiger partial charge in [-0.3, -0.25) is 19.2 Å². The van der Waals surface area contributed by atoms with E-state index in [-0.39, 0.29) is 66.7 Å². The van der Waals surface area contributed by atoms with Crippen LogP contribution in [0.15, 0.2) is 60.7 Å². The van der Waals surface area contributed by atoms with E-state index < -0.39 is 5.24 Å². The van der Waals surface area contributed by atoms with E-state index in [1.54, 1.807) is 51.1 Å². The van der Waals surface area contributed by atoms with Crippen LogP contribution >= 0.6 is 34.8 Å². The monoisotopic (exact) mass is 706 g/mol. The van der Waals surface area contributed by atoms with E-state index in [2.05, 4.69) is 5.32 Å². The number of piperidine rings is 2. The Bertz CT molecular complexity index is 1420. The second kappa shape index (κ2) is 17.4. The van der Waals surface area contributed by atoms with Gasteiger partial charge in [-0.15, -0.1) is 23.2 Å². The first-order valence-electron chi connectivity index (χ1n) is 15.3. The number of para-hydroxylation sites is 2. The first kappa shape index (κ1) is 36.1. The number of nitrogens with zero attached hydrogens (tertiary/aromatic N) is 5. The van der Waals surface area contributed by atoms with Crippen LogP contribution in [0.25, 0.3) is 0 Å². The van der Waals surface area contributed by atoms with Crippen LogP contribution in [0.5, 0.6) is 0 Å². The van der Waals surface area contributed by atoms with Gasteiger partial charge in [-0.25, -0.2) is 19.4 Å². The molecule has 0 aliphatic carbocycles. The molecule has 0 radical (unpaired) electrons. The summed E-state index contributed by atoms with van der Waals surface area (Å²) < 4.78 is 0. The van der Waals surface area contributed by atoms with Crippen molar-refractivity contribution in [2.75, 3.05) is 60.8 Å². The zero-order valence-corrected chi connectivity index (χ0v) is 28.0. The predicted molar refractivity (Wildman–Crippen MR) is 180 cm³/mol. The summed E-state index contributed by atoms with van der Waals surface area (Å²) >= 11 is 15.1. The van der Waals surface area contributed by atoms with E-state index in [9.17, 15) is 28.8 Å². The second-order valence-corrected chi connectivity index (χ2v) is 12.1. The lowest BCUT2D eigenvalue weighted by atomic mass is 10.0. The average molecular weight is 708 g/mol. The van der Waals surface area contributed by atoms with Crippen molar-refractivity contribution in [3.05, 3.63) is 60.7 Å². The van der Waals surface area contributed by atoms with Crippen LogP contribution in [0, 0.1) is 0 Å². The highest BCUT2D eigenvalue weighted by Crippen LogP contribution is 2.27. The van der Waals surface area contributed by atoms with Gasteiger partial charge in [0.15, 0.2) is 0 Å². The minimum absolute atomic E-state index is 0.0143. The fraction of sp³-hybridized carbons (Fsp3) is 0.438. The minimum atomic E-state index is -0.508. The average Bonchev–Trinajstić information content (AvgIpc) is 3.58. The number of anilines is 2. The molecular formula is C32H37Cl3N6O6. The minimum Gasteiger partial charge on any atom is -0.342 e. The number of imide groups is 2. The molecule has 47 heavy (non-hydrogen) atoms. The molecule has 6 rings (SSSR count).